The van der Waals surface area contributed by atoms with Gasteiger partial charge in [-0.05, 0) is 40.5 Å². The van der Waals surface area contributed by atoms with E-state index < -0.39 is 17.9 Å². The lowest BCUT2D eigenvalue weighted by molar-refractivity contribution is -0.142. The number of aliphatic carboxylic acids is 1. The highest BCUT2D eigenvalue weighted by Gasteiger charge is 2.21. The third-order valence-corrected chi connectivity index (χ3v) is 3.99. The number of carbonyl (C=O) groups excluding carboxylic acids is 1. The van der Waals surface area contributed by atoms with Crippen LogP contribution >= 0.6 is 0 Å². The van der Waals surface area contributed by atoms with Crippen molar-refractivity contribution in [1.82, 2.24) is 9.55 Å². The molecule has 0 saturated heterocycles. The molecule has 6 heteroatoms. The number of rotatable bonds is 6. The fourth-order valence-corrected chi connectivity index (χ4v) is 2.69. The van der Waals surface area contributed by atoms with Crippen LogP contribution in [0.1, 0.15) is 12.5 Å². The summed E-state index contributed by atoms with van der Waals surface area (Å²) in [6.07, 6.45) is 6.60. The van der Waals surface area contributed by atoms with Crippen molar-refractivity contribution in [2.24, 2.45) is 5.73 Å². The van der Waals surface area contributed by atoms with Gasteiger partial charge in [0.05, 0.1) is 6.42 Å². The van der Waals surface area contributed by atoms with Gasteiger partial charge in [0.2, 0.25) is 5.91 Å². The zero-order valence-electron chi connectivity index (χ0n) is 13.4. The van der Waals surface area contributed by atoms with E-state index >= 15 is 0 Å². The third-order valence-electron chi connectivity index (χ3n) is 3.99. The van der Waals surface area contributed by atoms with Crippen molar-refractivity contribution in [2.45, 2.75) is 12.5 Å². The minimum atomic E-state index is -1.09. The summed E-state index contributed by atoms with van der Waals surface area (Å²) in [5.74, 6) is -1.74. The molecule has 126 valence electrons. The first-order chi connectivity index (χ1) is 12.0. The molecule has 3 rings (SSSR count). The molecule has 3 aromatic rings. The number of benzene rings is 1. The van der Waals surface area contributed by atoms with E-state index in [4.69, 9.17) is 5.73 Å². The van der Waals surface area contributed by atoms with Gasteiger partial charge in [0.15, 0.2) is 0 Å². The number of nitrogens with two attached hydrogens (primary N) is 1. The van der Waals surface area contributed by atoms with Gasteiger partial charge in [0.25, 0.3) is 0 Å². The van der Waals surface area contributed by atoms with E-state index in [2.05, 4.69) is 4.98 Å². The van der Waals surface area contributed by atoms with Crippen molar-refractivity contribution in [3.05, 3.63) is 67.3 Å². The lowest BCUT2D eigenvalue weighted by Crippen LogP contribution is -2.24. The molecule has 0 spiro atoms. The number of primary amides is 1. The molecule has 0 aliphatic rings. The van der Waals surface area contributed by atoms with E-state index in [-0.39, 0.29) is 6.42 Å². The van der Waals surface area contributed by atoms with E-state index in [1.54, 1.807) is 24.8 Å². The minimum Gasteiger partial charge on any atom is -0.480 e. The van der Waals surface area contributed by atoms with Gasteiger partial charge in [-0.1, -0.05) is 24.3 Å². The number of hydrogen-bond acceptors (Lipinski definition) is 3. The van der Waals surface area contributed by atoms with Crippen LogP contribution in [0.4, 0.5) is 0 Å². The van der Waals surface area contributed by atoms with Gasteiger partial charge in [-0.15, -0.1) is 0 Å². The maximum atomic E-state index is 11.3. The lowest BCUT2D eigenvalue weighted by atomic mass is 10.0. The molecule has 0 bridgehead atoms. The Hall–Kier alpha value is -3.41. The van der Waals surface area contributed by atoms with E-state index in [0.717, 1.165) is 22.3 Å². The summed E-state index contributed by atoms with van der Waals surface area (Å²) in [4.78, 5) is 26.4. The fraction of sp³-hybridized carbons (Fsp3) is 0.105. The van der Waals surface area contributed by atoms with Crippen LogP contribution in [0.5, 0.6) is 0 Å². The number of carboxylic acid groups (broad SMARTS) is 1. The Labute approximate surface area is 144 Å². The Kier molecular flexibility index (Phi) is 4.61. The number of carboxylic acids is 1. The number of aromatic nitrogens is 2. The molecule has 0 aliphatic heterocycles. The quantitative estimate of drug-likeness (QED) is 0.723. The standard InChI is InChI=1S/C19H17N3O3/c20-18(23)11-17(19(24)25)22-10-7-16(12-22)14-3-1-13(2-4-14)15-5-8-21-9-6-15/h1-10,12,17H,11H2,(H2,20,23)(H,24,25)/t17-/m1/s1. The second-order valence-electron chi connectivity index (χ2n) is 5.69. The van der Waals surface area contributed by atoms with Gasteiger partial charge in [0.1, 0.15) is 6.04 Å². The van der Waals surface area contributed by atoms with E-state index in [1.165, 1.54) is 4.57 Å². The molecule has 2 heterocycles. The summed E-state index contributed by atoms with van der Waals surface area (Å²) in [5, 5.41) is 9.28. The Morgan fingerprint density at radius 2 is 1.52 bits per heavy atom. The molecule has 0 saturated carbocycles. The highest BCUT2D eigenvalue weighted by Crippen LogP contribution is 2.26. The second-order valence-corrected chi connectivity index (χ2v) is 5.69. The molecular formula is C19H17N3O3. The maximum Gasteiger partial charge on any atom is 0.327 e. The molecule has 25 heavy (non-hydrogen) atoms. The highest BCUT2D eigenvalue weighted by molar-refractivity contribution is 5.82. The van der Waals surface area contributed by atoms with E-state index in [1.807, 2.05) is 42.5 Å². The van der Waals surface area contributed by atoms with Crippen molar-refractivity contribution in [3.63, 3.8) is 0 Å². The zero-order valence-corrected chi connectivity index (χ0v) is 13.4. The van der Waals surface area contributed by atoms with Crippen LogP contribution in [0.25, 0.3) is 22.3 Å². The van der Waals surface area contributed by atoms with Gasteiger partial charge in [-0.3, -0.25) is 9.78 Å². The maximum absolute atomic E-state index is 11.3. The normalized spacial score (nSPS) is 11.8. The van der Waals surface area contributed by atoms with Crippen molar-refractivity contribution in [3.8, 4) is 22.3 Å². The average molecular weight is 335 g/mol. The predicted molar refractivity (Wildman–Crippen MR) is 93.6 cm³/mol. The fourth-order valence-electron chi connectivity index (χ4n) is 2.69. The van der Waals surface area contributed by atoms with Gasteiger partial charge < -0.3 is 15.4 Å². The minimum absolute atomic E-state index is 0.246. The zero-order chi connectivity index (χ0) is 17.8. The molecule has 3 N–H and O–H groups in total. The largest absolute Gasteiger partial charge is 0.480 e. The topological polar surface area (TPSA) is 98.2 Å². The molecule has 0 aliphatic carbocycles. The van der Waals surface area contributed by atoms with Crippen LogP contribution < -0.4 is 5.73 Å². The van der Waals surface area contributed by atoms with Gasteiger partial charge in [0, 0.05) is 24.8 Å². The van der Waals surface area contributed by atoms with Crippen molar-refractivity contribution in [2.75, 3.05) is 0 Å². The van der Waals surface area contributed by atoms with Crippen molar-refractivity contribution >= 4 is 11.9 Å². The molecule has 1 aromatic carbocycles. The third kappa shape index (κ3) is 3.74. The van der Waals surface area contributed by atoms with Crippen molar-refractivity contribution in [1.29, 1.82) is 0 Å². The molecule has 0 unspecified atom stereocenters. The SMILES string of the molecule is NC(=O)C[C@H](C(=O)O)n1ccc(-c2ccc(-c3ccncc3)cc2)c1. The Bertz CT molecular complexity index is 886. The number of nitrogens with zero attached hydrogens (tertiary/aromatic N) is 2. The number of pyridine rings is 1. The van der Waals surface area contributed by atoms with Crippen LogP contribution in [-0.4, -0.2) is 26.5 Å². The van der Waals surface area contributed by atoms with Gasteiger partial charge in [-0.2, -0.15) is 0 Å². The van der Waals surface area contributed by atoms with Crippen LogP contribution in [-0.2, 0) is 9.59 Å². The summed E-state index contributed by atoms with van der Waals surface area (Å²) >= 11 is 0. The Balaban J connectivity index is 1.84. The summed E-state index contributed by atoms with van der Waals surface area (Å²) in [6.45, 7) is 0. The van der Waals surface area contributed by atoms with Crippen molar-refractivity contribution < 1.29 is 14.7 Å². The first kappa shape index (κ1) is 16.4. The van der Waals surface area contributed by atoms with E-state index in [0.29, 0.717) is 0 Å². The van der Waals surface area contributed by atoms with Gasteiger partial charge in [-0.25, -0.2) is 4.79 Å². The second kappa shape index (κ2) is 7.00. The molecule has 1 amide bonds. The van der Waals surface area contributed by atoms with Crippen LogP contribution in [0, 0.1) is 0 Å². The van der Waals surface area contributed by atoms with E-state index in [9.17, 15) is 14.7 Å². The smallest absolute Gasteiger partial charge is 0.327 e. The number of hydrogen-bond donors (Lipinski definition) is 2. The monoisotopic (exact) mass is 335 g/mol. The molecule has 0 radical (unpaired) electrons. The van der Waals surface area contributed by atoms with Crippen LogP contribution in [0.2, 0.25) is 0 Å². The molecule has 1 atom stereocenters. The molecule has 0 fully saturated rings. The summed E-state index contributed by atoms with van der Waals surface area (Å²) in [5.41, 5.74) is 9.12. The van der Waals surface area contributed by atoms with Gasteiger partial charge >= 0.3 is 5.97 Å². The summed E-state index contributed by atoms with van der Waals surface area (Å²) in [6, 6.07) is 12.6. The molecular weight excluding hydrogens is 318 g/mol. The highest BCUT2D eigenvalue weighted by atomic mass is 16.4. The summed E-state index contributed by atoms with van der Waals surface area (Å²) in [7, 11) is 0. The molecule has 2 aromatic heterocycles. The Morgan fingerprint density at radius 1 is 0.960 bits per heavy atom. The lowest BCUT2D eigenvalue weighted by Gasteiger charge is -2.12. The summed E-state index contributed by atoms with van der Waals surface area (Å²) < 4.78 is 1.50. The first-order valence-electron chi connectivity index (χ1n) is 7.74. The molecule has 6 nitrogen and oxygen atoms in total. The van der Waals surface area contributed by atoms with Crippen LogP contribution in [0.3, 0.4) is 0 Å². The Morgan fingerprint density at radius 3 is 2.08 bits per heavy atom. The van der Waals surface area contributed by atoms with Crippen LogP contribution in [0.15, 0.2) is 67.3 Å². The number of amides is 1. The average Bonchev–Trinajstić information content (AvgIpc) is 3.10. The predicted octanol–water partition coefficient (Wildman–Crippen LogP) is 2.72. The first-order valence-corrected chi connectivity index (χ1v) is 7.74. The number of carbonyl (C=O) groups is 2.